The van der Waals surface area contributed by atoms with Gasteiger partial charge in [0.1, 0.15) is 0 Å². The van der Waals surface area contributed by atoms with Crippen molar-refractivity contribution >= 4 is 5.97 Å². The maximum atomic E-state index is 11.1. The first-order chi connectivity index (χ1) is 5.79. The zero-order valence-electron chi connectivity index (χ0n) is 6.78. The van der Waals surface area contributed by atoms with Crippen LogP contribution < -0.4 is 5.90 Å². The number of carbonyl (C=O) groups is 1. The molecule has 1 rings (SSSR count). The van der Waals surface area contributed by atoms with E-state index in [4.69, 9.17) is 5.90 Å². The van der Waals surface area contributed by atoms with E-state index in [2.05, 4.69) is 15.0 Å². The Hall–Kier alpha value is -1.36. The predicted octanol–water partition coefficient (Wildman–Crippen LogP) is 0.320. The third-order valence-corrected chi connectivity index (χ3v) is 1.73. The number of rotatable bonds is 3. The number of aromatic amines is 1. The zero-order valence-corrected chi connectivity index (χ0v) is 6.78. The monoisotopic (exact) mass is 169 g/mol. The Balaban J connectivity index is 2.76. The smallest absolute Gasteiger partial charge is 0.331 e. The van der Waals surface area contributed by atoms with Gasteiger partial charge in [0.2, 0.25) is 0 Å². The van der Waals surface area contributed by atoms with Crippen molar-refractivity contribution < 1.29 is 9.63 Å². The molecule has 5 heteroatoms. The van der Waals surface area contributed by atoms with Crippen LogP contribution in [0, 0.1) is 0 Å². The Morgan fingerprint density at radius 3 is 3.08 bits per heavy atom. The van der Waals surface area contributed by atoms with E-state index in [0.29, 0.717) is 6.42 Å². The third kappa shape index (κ3) is 1.62. The number of hydrogen-bond donors (Lipinski definition) is 2. The Kier molecular flexibility index (Phi) is 2.82. The van der Waals surface area contributed by atoms with Gasteiger partial charge in [-0.25, -0.2) is 4.79 Å². The lowest BCUT2D eigenvalue weighted by molar-refractivity contribution is -0.146. The van der Waals surface area contributed by atoms with Crippen molar-refractivity contribution in [1.82, 2.24) is 10.2 Å². The molecule has 0 amide bonds. The van der Waals surface area contributed by atoms with Gasteiger partial charge < -0.3 is 4.84 Å². The molecule has 0 aliphatic rings. The van der Waals surface area contributed by atoms with Crippen LogP contribution >= 0.6 is 0 Å². The summed E-state index contributed by atoms with van der Waals surface area (Å²) in [7, 11) is 0. The van der Waals surface area contributed by atoms with Crippen LogP contribution in [0.4, 0.5) is 0 Å². The number of nitrogens with one attached hydrogen (secondary N) is 1. The molecule has 1 aromatic heterocycles. The molecule has 0 aromatic carbocycles. The molecule has 5 nitrogen and oxygen atoms in total. The lowest BCUT2D eigenvalue weighted by atomic mass is 10.0. The highest BCUT2D eigenvalue weighted by molar-refractivity contribution is 5.77. The van der Waals surface area contributed by atoms with Crippen LogP contribution in [0.5, 0.6) is 0 Å². The minimum Gasteiger partial charge on any atom is -0.373 e. The van der Waals surface area contributed by atoms with E-state index < -0.39 is 5.97 Å². The Morgan fingerprint density at radius 2 is 2.67 bits per heavy atom. The summed E-state index contributed by atoms with van der Waals surface area (Å²) in [5.74, 6) is 4.03. The highest BCUT2D eigenvalue weighted by atomic mass is 16.7. The molecule has 1 atom stereocenters. The van der Waals surface area contributed by atoms with Gasteiger partial charge in [-0.05, 0) is 6.42 Å². The number of carbonyl (C=O) groups excluding carboxylic acids is 1. The Morgan fingerprint density at radius 1 is 1.92 bits per heavy atom. The molecule has 0 aliphatic carbocycles. The molecule has 0 spiro atoms. The maximum absolute atomic E-state index is 11.1. The van der Waals surface area contributed by atoms with Gasteiger partial charge in [-0.15, -0.1) is 0 Å². The summed E-state index contributed by atoms with van der Waals surface area (Å²) >= 11 is 0. The lowest BCUT2D eigenvalue weighted by Crippen LogP contribution is -2.18. The van der Waals surface area contributed by atoms with Crippen molar-refractivity contribution in [2.24, 2.45) is 5.90 Å². The number of H-pyrrole nitrogens is 1. The highest BCUT2D eigenvalue weighted by Crippen LogP contribution is 2.18. The molecule has 3 N–H and O–H groups in total. The second kappa shape index (κ2) is 3.87. The van der Waals surface area contributed by atoms with E-state index in [1.807, 2.05) is 6.92 Å². The molecule has 0 radical (unpaired) electrons. The van der Waals surface area contributed by atoms with Crippen molar-refractivity contribution in [2.75, 3.05) is 0 Å². The molecular formula is C7H11N3O2. The third-order valence-electron chi connectivity index (χ3n) is 1.73. The summed E-state index contributed by atoms with van der Waals surface area (Å²) in [4.78, 5) is 15.2. The van der Waals surface area contributed by atoms with Gasteiger partial charge in [0, 0.05) is 11.8 Å². The summed E-state index contributed by atoms with van der Waals surface area (Å²) < 4.78 is 0. The Labute approximate surface area is 69.9 Å². The van der Waals surface area contributed by atoms with Crippen LogP contribution in [0.2, 0.25) is 0 Å². The second-order valence-corrected chi connectivity index (χ2v) is 2.43. The van der Waals surface area contributed by atoms with Crippen molar-refractivity contribution in [1.29, 1.82) is 0 Å². The first-order valence-electron chi connectivity index (χ1n) is 3.68. The van der Waals surface area contributed by atoms with E-state index in [0.717, 1.165) is 5.56 Å². The van der Waals surface area contributed by atoms with Crippen LogP contribution in [-0.4, -0.2) is 16.2 Å². The molecule has 1 unspecified atom stereocenters. The van der Waals surface area contributed by atoms with Gasteiger partial charge >= 0.3 is 5.97 Å². The molecule has 1 aromatic rings. The number of nitrogens with two attached hydrogens (primary N) is 1. The van der Waals surface area contributed by atoms with Gasteiger partial charge in [-0.2, -0.15) is 11.0 Å². The van der Waals surface area contributed by atoms with Gasteiger partial charge in [0.05, 0.1) is 12.1 Å². The fourth-order valence-electron chi connectivity index (χ4n) is 1.07. The minimum absolute atomic E-state index is 0.311. The number of hydrogen-bond acceptors (Lipinski definition) is 4. The maximum Gasteiger partial charge on any atom is 0.331 e. The number of aromatic nitrogens is 2. The Bertz CT molecular complexity index is 245. The quantitative estimate of drug-likeness (QED) is 0.638. The van der Waals surface area contributed by atoms with E-state index >= 15 is 0 Å². The second-order valence-electron chi connectivity index (χ2n) is 2.43. The van der Waals surface area contributed by atoms with Crippen molar-refractivity contribution in [3.8, 4) is 0 Å². The van der Waals surface area contributed by atoms with Crippen molar-refractivity contribution in [2.45, 2.75) is 19.3 Å². The van der Waals surface area contributed by atoms with Gasteiger partial charge in [0.25, 0.3) is 0 Å². The predicted molar refractivity (Wildman–Crippen MR) is 41.9 cm³/mol. The largest absolute Gasteiger partial charge is 0.373 e. The molecule has 1 heterocycles. The van der Waals surface area contributed by atoms with Crippen LogP contribution in [0.3, 0.4) is 0 Å². The number of nitrogens with zero attached hydrogens (tertiary/aromatic N) is 1. The van der Waals surface area contributed by atoms with Gasteiger partial charge in [-0.3, -0.25) is 5.10 Å². The first-order valence-corrected chi connectivity index (χ1v) is 3.68. The highest BCUT2D eigenvalue weighted by Gasteiger charge is 2.20. The summed E-state index contributed by atoms with van der Waals surface area (Å²) in [6.45, 7) is 1.88. The molecule has 12 heavy (non-hydrogen) atoms. The fraction of sp³-hybridized carbons (Fsp3) is 0.429. The normalized spacial score (nSPS) is 12.5. The first kappa shape index (κ1) is 8.73. The van der Waals surface area contributed by atoms with Crippen LogP contribution in [0.1, 0.15) is 24.8 Å². The van der Waals surface area contributed by atoms with E-state index in [1.54, 1.807) is 12.4 Å². The minimum atomic E-state index is -0.432. The van der Waals surface area contributed by atoms with Crippen LogP contribution in [0.15, 0.2) is 12.4 Å². The molecule has 0 bridgehead atoms. The summed E-state index contributed by atoms with van der Waals surface area (Å²) in [6.07, 6.45) is 3.89. The van der Waals surface area contributed by atoms with E-state index in [-0.39, 0.29) is 5.92 Å². The fourth-order valence-corrected chi connectivity index (χ4v) is 1.07. The standard InChI is InChI=1S/C7H11N3O2/c1-2-6(7(11)12-8)5-3-9-10-4-5/h3-4,6H,2,8H2,1H3,(H,9,10). The topological polar surface area (TPSA) is 81.0 Å². The summed E-state index contributed by atoms with van der Waals surface area (Å²) in [5, 5.41) is 6.36. The van der Waals surface area contributed by atoms with Gasteiger partial charge in [-0.1, -0.05) is 6.92 Å². The molecular weight excluding hydrogens is 158 g/mol. The molecule has 0 fully saturated rings. The van der Waals surface area contributed by atoms with Crippen molar-refractivity contribution in [3.05, 3.63) is 18.0 Å². The summed E-state index contributed by atoms with van der Waals surface area (Å²) in [6, 6.07) is 0. The summed E-state index contributed by atoms with van der Waals surface area (Å²) in [5.41, 5.74) is 0.799. The average molecular weight is 169 g/mol. The SMILES string of the molecule is CCC(C(=O)ON)c1cn[nH]c1. The molecule has 66 valence electrons. The van der Waals surface area contributed by atoms with Crippen LogP contribution in [0.25, 0.3) is 0 Å². The van der Waals surface area contributed by atoms with E-state index in [1.165, 1.54) is 0 Å². The van der Waals surface area contributed by atoms with E-state index in [9.17, 15) is 4.79 Å². The molecule has 0 saturated carbocycles. The zero-order chi connectivity index (χ0) is 8.97. The lowest BCUT2D eigenvalue weighted by Gasteiger charge is -2.07. The van der Waals surface area contributed by atoms with Crippen molar-refractivity contribution in [3.63, 3.8) is 0 Å². The van der Waals surface area contributed by atoms with Crippen LogP contribution in [-0.2, 0) is 9.63 Å². The molecule has 0 saturated heterocycles. The van der Waals surface area contributed by atoms with Gasteiger partial charge in [0.15, 0.2) is 0 Å². The molecule has 0 aliphatic heterocycles. The average Bonchev–Trinajstić information content (AvgIpc) is 2.58.